The van der Waals surface area contributed by atoms with Gasteiger partial charge in [0, 0.05) is 24.0 Å². The molecule has 27 heavy (non-hydrogen) atoms. The van der Waals surface area contributed by atoms with Crippen molar-refractivity contribution in [1.29, 1.82) is 0 Å². The highest BCUT2D eigenvalue weighted by atomic mass is 32.2. The van der Waals surface area contributed by atoms with E-state index in [1.165, 1.54) is 12.1 Å². The Bertz CT molecular complexity index is 967. The molecule has 0 atom stereocenters. The molecule has 0 amide bonds. The van der Waals surface area contributed by atoms with Gasteiger partial charge in [-0.2, -0.15) is 5.10 Å². The number of morpholine rings is 1. The van der Waals surface area contributed by atoms with Crippen molar-refractivity contribution in [2.45, 2.75) is 4.90 Å². The number of rotatable bonds is 6. The summed E-state index contributed by atoms with van der Waals surface area (Å²) in [4.78, 5) is 13.2. The Labute approximate surface area is 159 Å². The minimum atomic E-state index is -4.03. The van der Waals surface area contributed by atoms with Gasteiger partial charge < -0.3 is 9.64 Å². The van der Waals surface area contributed by atoms with Gasteiger partial charge in [-0.25, -0.2) is 13.6 Å². The first-order valence-electron chi connectivity index (χ1n) is 7.87. The van der Waals surface area contributed by atoms with E-state index in [0.29, 0.717) is 13.2 Å². The summed E-state index contributed by atoms with van der Waals surface area (Å²) in [5.74, 6) is 0. The first kappa shape index (κ1) is 19.2. The van der Waals surface area contributed by atoms with Gasteiger partial charge in [0.2, 0.25) is 10.0 Å². The van der Waals surface area contributed by atoms with Crippen LogP contribution in [0.1, 0.15) is 4.88 Å². The third-order valence-electron chi connectivity index (χ3n) is 3.81. The molecule has 10 nitrogen and oxygen atoms in total. The standard InChI is InChI=1S/C15H17N5O5S2/c16-27(23,24)12-2-3-13(14(9-12)20(21)22)18-17-10-11-1-4-15(26-11)19-5-7-25-8-6-19/h1-4,9-10,18H,5-8H2,(H2,16,23,24)/b17-10+. The molecule has 0 spiro atoms. The van der Waals surface area contributed by atoms with Gasteiger partial charge in [0.05, 0.1) is 34.2 Å². The number of nitro benzene ring substituents is 1. The second-order valence-electron chi connectivity index (χ2n) is 5.63. The smallest absolute Gasteiger partial charge is 0.295 e. The van der Waals surface area contributed by atoms with Gasteiger partial charge in [0.25, 0.3) is 5.69 Å². The van der Waals surface area contributed by atoms with Gasteiger partial charge in [-0.15, -0.1) is 11.3 Å². The third-order valence-corrected chi connectivity index (χ3v) is 5.80. The lowest BCUT2D eigenvalue weighted by atomic mass is 10.3. The van der Waals surface area contributed by atoms with Crippen LogP contribution in [0, 0.1) is 10.1 Å². The summed E-state index contributed by atoms with van der Waals surface area (Å²) in [6.07, 6.45) is 1.55. The van der Waals surface area contributed by atoms with Gasteiger partial charge in [-0.3, -0.25) is 15.5 Å². The van der Waals surface area contributed by atoms with Crippen molar-refractivity contribution in [2.24, 2.45) is 10.2 Å². The van der Waals surface area contributed by atoms with Crippen molar-refractivity contribution >= 4 is 44.0 Å². The molecule has 0 bridgehead atoms. The van der Waals surface area contributed by atoms with Crippen molar-refractivity contribution in [2.75, 3.05) is 36.6 Å². The SMILES string of the molecule is NS(=O)(=O)c1ccc(N/N=C/c2ccc(N3CCOCC3)s2)c([N+](=O)[O-])c1. The second-order valence-corrected chi connectivity index (χ2v) is 8.28. The monoisotopic (exact) mass is 411 g/mol. The topological polar surface area (TPSA) is 140 Å². The number of sulfonamides is 1. The molecule has 0 aliphatic carbocycles. The number of thiophene rings is 1. The van der Waals surface area contributed by atoms with Gasteiger partial charge in [-0.05, 0) is 24.3 Å². The molecule has 0 saturated carbocycles. The van der Waals surface area contributed by atoms with Crippen LogP contribution in [0.2, 0.25) is 0 Å². The van der Waals surface area contributed by atoms with Crippen LogP contribution in [0.25, 0.3) is 0 Å². The summed E-state index contributed by atoms with van der Waals surface area (Å²) < 4.78 is 28.0. The summed E-state index contributed by atoms with van der Waals surface area (Å²) in [6, 6.07) is 7.22. The predicted octanol–water partition coefficient (Wildman–Crippen LogP) is 1.59. The first-order chi connectivity index (χ1) is 12.8. The van der Waals surface area contributed by atoms with Crippen molar-refractivity contribution in [3.05, 3.63) is 45.3 Å². The van der Waals surface area contributed by atoms with Crippen molar-refractivity contribution < 1.29 is 18.1 Å². The number of hydrazone groups is 1. The molecule has 3 N–H and O–H groups in total. The van der Waals surface area contributed by atoms with Crippen molar-refractivity contribution in [3.63, 3.8) is 0 Å². The van der Waals surface area contributed by atoms with Crippen molar-refractivity contribution in [1.82, 2.24) is 0 Å². The van der Waals surface area contributed by atoms with E-state index in [4.69, 9.17) is 9.88 Å². The van der Waals surface area contributed by atoms with Gasteiger partial charge in [0.1, 0.15) is 5.69 Å². The summed E-state index contributed by atoms with van der Waals surface area (Å²) >= 11 is 1.54. The molecule has 1 aliphatic heterocycles. The lowest BCUT2D eigenvalue weighted by Gasteiger charge is -2.27. The Hall–Kier alpha value is -2.54. The molecule has 2 heterocycles. The molecule has 1 saturated heterocycles. The molecule has 144 valence electrons. The maximum absolute atomic E-state index is 11.3. The second kappa shape index (κ2) is 8.00. The highest BCUT2D eigenvalue weighted by molar-refractivity contribution is 7.89. The summed E-state index contributed by atoms with van der Waals surface area (Å²) in [7, 11) is -4.03. The van der Waals surface area contributed by atoms with Crippen LogP contribution in [0.5, 0.6) is 0 Å². The molecule has 0 radical (unpaired) electrons. The summed E-state index contributed by atoms with van der Waals surface area (Å²) in [6.45, 7) is 3.05. The molecule has 1 aromatic carbocycles. The number of anilines is 2. The predicted molar refractivity (Wildman–Crippen MR) is 103 cm³/mol. The van der Waals surface area contributed by atoms with Crippen LogP contribution in [-0.2, 0) is 14.8 Å². The van der Waals surface area contributed by atoms with E-state index in [-0.39, 0.29) is 10.6 Å². The van der Waals surface area contributed by atoms with E-state index in [0.717, 1.165) is 29.0 Å². The fourth-order valence-corrected chi connectivity index (χ4v) is 3.93. The van der Waals surface area contributed by atoms with Crippen LogP contribution in [0.3, 0.4) is 0 Å². The lowest BCUT2D eigenvalue weighted by Crippen LogP contribution is -2.35. The van der Waals surface area contributed by atoms with Crippen LogP contribution >= 0.6 is 11.3 Å². The van der Waals surface area contributed by atoms with E-state index in [1.54, 1.807) is 17.6 Å². The van der Waals surface area contributed by atoms with Crippen LogP contribution in [0.15, 0.2) is 40.3 Å². The minimum Gasteiger partial charge on any atom is -0.378 e. The number of benzene rings is 1. The zero-order chi connectivity index (χ0) is 19.4. The Morgan fingerprint density at radius 1 is 1.30 bits per heavy atom. The Morgan fingerprint density at radius 3 is 2.70 bits per heavy atom. The molecular weight excluding hydrogens is 394 g/mol. The molecule has 2 aromatic rings. The molecule has 0 unspecified atom stereocenters. The van der Waals surface area contributed by atoms with Crippen LogP contribution in [0.4, 0.5) is 16.4 Å². The third kappa shape index (κ3) is 4.80. The van der Waals surface area contributed by atoms with E-state index in [2.05, 4.69) is 15.4 Å². The lowest BCUT2D eigenvalue weighted by molar-refractivity contribution is -0.384. The first-order valence-corrected chi connectivity index (χ1v) is 10.2. The largest absolute Gasteiger partial charge is 0.378 e. The zero-order valence-corrected chi connectivity index (χ0v) is 15.7. The molecule has 1 fully saturated rings. The summed E-state index contributed by atoms with van der Waals surface area (Å²) in [5, 5.41) is 21.3. The number of nitrogens with two attached hydrogens (primary N) is 1. The number of nitrogens with zero attached hydrogens (tertiary/aromatic N) is 3. The number of nitrogens with one attached hydrogen (secondary N) is 1. The average Bonchev–Trinajstić information content (AvgIpc) is 3.10. The Kier molecular flexibility index (Phi) is 5.70. The number of ether oxygens (including phenoxy) is 1. The Balaban J connectivity index is 1.72. The van der Waals surface area contributed by atoms with E-state index < -0.39 is 20.6 Å². The van der Waals surface area contributed by atoms with E-state index in [1.807, 2.05) is 12.1 Å². The number of nitro groups is 1. The maximum Gasteiger partial charge on any atom is 0.295 e. The minimum absolute atomic E-state index is 0.0635. The van der Waals surface area contributed by atoms with Gasteiger partial charge >= 0.3 is 0 Å². The van der Waals surface area contributed by atoms with Crippen molar-refractivity contribution in [3.8, 4) is 0 Å². The number of hydrogen-bond acceptors (Lipinski definition) is 9. The quantitative estimate of drug-likeness (QED) is 0.418. The van der Waals surface area contributed by atoms with Crippen LogP contribution in [-0.4, -0.2) is 45.9 Å². The van der Waals surface area contributed by atoms with E-state index in [9.17, 15) is 18.5 Å². The van der Waals surface area contributed by atoms with Crippen LogP contribution < -0.4 is 15.5 Å². The Morgan fingerprint density at radius 2 is 2.04 bits per heavy atom. The zero-order valence-electron chi connectivity index (χ0n) is 14.1. The van der Waals surface area contributed by atoms with Gasteiger partial charge in [0.15, 0.2) is 0 Å². The van der Waals surface area contributed by atoms with E-state index >= 15 is 0 Å². The highest BCUT2D eigenvalue weighted by Crippen LogP contribution is 2.28. The summed E-state index contributed by atoms with van der Waals surface area (Å²) in [5.41, 5.74) is 2.21. The fraction of sp³-hybridized carbons (Fsp3) is 0.267. The molecule has 1 aliphatic rings. The molecular formula is C15H17N5O5S2. The number of primary sulfonamides is 1. The molecule has 12 heteroatoms. The fourth-order valence-electron chi connectivity index (χ4n) is 2.46. The maximum atomic E-state index is 11.3. The molecule has 3 rings (SSSR count). The number of hydrogen-bond donors (Lipinski definition) is 2. The average molecular weight is 411 g/mol. The van der Waals surface area contributed by atoms with Gasteiger partial charge in [-0.1, -0.05) is 0 Å². The molecule has 1 aromatic heterocycles. The highest BCUT2D eigenvalue weighted by Gasteiger charge is 2.19. The normalized spacial score (nSPS) is 15.2.